The first-order chi connectivity index (χ1) is 13.5. The lowest BCUT2D eigenvalue weighted by molar-refractivity contribution is 0.596. The van der Waals surface area contributed by atoms with Gasteiger partial charge in [-0.1, -0.05) is 36.4 Å². The molecule has 4 aromatic rings. The maximum atomic E-state index is 13.2. The lowest BCUT2D eigenvalue weighted by Crippen LogP contribution is -2.12. The number of pyridine rings is 1. The van der Waals surface area contributed by atoms with Crippen molar-refractivity contribution in [1.82, 2.24) is 4.40 Å². The molecular weight excluding hydrogens is 375 g/mol. The smallest absolute Gasteiger partial charge is 0.282 e. The second kappa shape index (κ2) is 7.05. The van der Waals surface area contributed by atoms with Crippen LogP contribution in [0.3, 0.4) is 0 Å². The third-order valence-corrected chi connectivity index (χ3v) is 5.76. The van der Waals surface area contributed by atoms with Gasteiger partial charge >= 0.3 is 0 Å². The van der Waals surface area contributed by atoms with Crippen LogP contribution in [0.1, 0.15) is 16.8 Å². The van der Waals surface area contributed by atoms with Gasteiger partial charge in [0.15, 0.2) is 0 Å². The van der Waals surface area contributed by atoms with E-state index < -0.39 is 15.8 Å². The highest BCUT2D eigenvalue weighted by molar-refractivity contribution is 7.90. The van der Waals surface area contributed by atoms with Crippen molar-refractivity contribution in [3.05, 3.63) is 108 Å². The SMILES string of the molecule is Cc1cc2ccccn2c1/C(=N\S(=O)(=O)c1ccc(F)cc1)c1ccccc1. The molecule has 0 aliphatic heterocycles. The normalized spacial score (nSPS) is 12.4. The fraction of sp³-hybridized carbons (Fsp3) is 0.0455. The molecular formula is C22H17FN2O2S. The lowest BCUT2D eigenvalue weighted by Gasteiger charge is -2.10. The molecule has 28 heavy (non-hydrogen) atoms. The zero-order valence-corrected chi connectivity index (χ0v) is 15.9. The molecule has 2 aromatic heterocycles. The summed E-state index contributed by atoms with van der Waals surface area (Å²) in [6.45, 7) is 1.92. The van der Waals surface area contributed by atoms with E-state index in [1.54, 1.807) is 0 Å². The number of fused-ring (bicyclic) bond motifs is 1. The van der Waals surface area contributed by atoms with Crippen LogP contribution in [-0.4, -0.2) is 18.5 Å². The minimum Gasteiger partial charge on any atom is -0.315 e. The van der Waals surface area contributed by atoms with Crippen molar-refractivity contribution in [2.45, 2.75) is 11.8 Å². The quantitative estimate of drug-likeness (QED) is 0.476. The summed E-state index contributed by atoms with van der Waals surface area (Å²) in [5.74, 6) is -0.500. The zero-order chi connectivity index (χ0) is 19.7. The number of hydrogen-bond acceptors (Lipinski definition) is 2. The highest BCUT2D eigenvalue weighted by Gasteiger charge is 2.20. The minimum atomic E-state index is -4.03. The Labute approximate surface area is 162 Å². The van der Waals surface area contributed by atoms with E-state index in [0.29, 0.717) is 17.0 Å². The van der Waals surface area contributed by atoms with Gasteiger partial charge in [0.2, 0.25) is 0 Å². The predicted molar refractivity (Wildman–Crippen MR) is 108 cm³/mol. The molecule has 4 nitrogen and oxygen atoms in total. The van der Waals surface area contributed by atoms with Crippen LogP contribution in [0.5, 0.6) is 0 Å². The maximum Gasteiger partial charge on any atom is 0.282 e. The summed E-state index contributed by atoms with van der Waals surface area (Å²) in [5, 5.41) is 0. The average molecular weight is 392 g/mol. The van der Waals surface area contributed by atoms with Crippen molar-refractivity contribution in [1.29, 1.82) is 0 Å². The summed E-state index contributed by atoms with van der Waals surface area (Å²) in [6.07, 6.45) is 1.88. The second-order valence-electron chi connectivity index (χ2n) is 6.41. The third-order valence-electron chi connectivity index (χ3n) is 4.46. The van der Waals surface area contributed by atoms with Crippen LogP contribution in [0.15, 0.2) is 94.4 Å². The van der Waals surface area contributed by atoms with E-state index in [9.17, 15) is 12.8 Å². The number of sulfonamides is 1. The van der Waals surface area contributed by atoms with Gasteiger partial charge in [0.25, 0.3) is 10.0 Å². The van der Waals surface area contributed by atoms with E-state index >= 15 is 0 Å². The molecule has 4 rings (SSSR count). The molecule has 2 heterocycles. The fourth-order valence-electron chi connectivity index (χ4n) is 3.17. The molecule has 0 saturated heterocycles. The van der Waals surface area contributed by atoms with Crippen molar-refractivity contribution in [2.24, 2.45) is 4.40 Å². The van der Waals surface area contributed by atoms with Gasteiger partial charge in [-0.25, -0.2) is 4.39 Å². The predicted octanol–water partition coefficient (Wildman–Crippen LogP) is 4.61. The van der Waals surface area contributed by atoms with E-state index in [4.69, 9.17) is 0 Å². The third kappa shape index (κ3) is 3.34. The first-order valence-electron chi connectivity index (χ1n) is 8.69. The Morgan fingerprint density at radius 1 is 0.929 bits per heavy atom. The van der Waals surface area contributed by atoms with E-state index in [1.807, 2.05) is 72.1 Å². The Kier molecular flexibility index (Phi) is 4.57. The molecule has 0 amide bonds. The molecule has 0 N–H and O–H groups in total. The standard InChI is InChI=1S/C22H17FN2O2S/c1-16-15-19-9-5-6-14-25(19)22(16)21(17-7-3-2-4-8-17)24-28(26,27)20-12-10-18(23)11-13-20/h2-15H,1H3/b24-21-. The largest absolute Gasteiger partial charge is 0.315 e. The van der Waals surface area contributed by atoms with E-state index in [1.165, 1.54) is 12.1 Å². The first-order valence-corrected chi connectivity index (χ1v) is 10.1. The molecule has 0 radical (unpaired) electrons. The van der Waals surface area contributed by atoms with Gasteiger partial charge in [0.1, 0.15) is 11.5 Å². The van der Waals surface area contributed by atoms with Gasteiger partial charge in [-0.3, -0.25) is 0 Å². The van der Waals surface area contributed by atoms with E-state index in [-0.39, 0.29) is 4.90 Å². The molecule has 0 atom stereocenters. The Balaban J connectivity index is 1.98. The number of aromatic nitrogens is 1. The number of nitrogens with zero attached hydrogens (tertiary/aromatic N) is 2. The average Bonchev–Trinajstić information content (AvgIpc) is 3.03. The number of halogens is 1. The van der Waals surface area contributed by atoms with Gasteiger partial charge in [-0.15, -0.1) is 0 Å². The topological polar surface area (TPSA) is 50.9 Å². The molecule has 6 heteroatoms. The van der Waals surface area contributed by atoms with Gasteiger partial charge in [0.05, 0.1) is 10.6 Å². The second-order valence-corrected chi connectivity index (χ2v) is 8.01. The maximum absolute atomic E-state index is 13.2. The molecule has 0 bridgehead atoms. The first kappa shape index (κ1) is 18.1. The summed E-state index contributed by atoms with van der Waals surface area (Å²) in [4.78, 5) is -0.0548. The van der Waals surface area contributed by atoms with Crippen LogP contribution in [-0.2, 0) is 10.0 Å². The summed E-state index contributed by atoms with van der Waals surface area (Å²) in [6, 6.07) is 21.6. The van der Waals surface area contributed by atoms with Crippen LogP contribution in [0.4, 0.5) is 4.39 Å². The Hall–Kier alpha value is -3.25. The highest BCUT2D eigenvalue weighted by atomic mass is 32.2. The number of rotatable bonds is 4. The molecule has 140 valence electrons. The van der Waals surface area contributed by atoms with Crippen molar-refractivity contribution >= 4 is 21.3 Å². The van der Waals surface area contributed by atoms with Gasteiger partial charge in [0, 0.05) is 17.3 Å². The molecule has 0 fully saturated rings. The van der Waals surface area contributed by atoms with Crippen molar-refractivity contribution < 1.29 is 12.8 Å². The number of benzene rings is 2. The van der Waals surface area contributed by atoms with Crippen LogP contribution >= 0.6 is 0 Å². The Morgan fingerprint density at radius 2 is 1.61 bits per heavy atom. The molecule has 0 spiro atoms. The Morgan fingerprint density at radius 3 is 2.32 bits per heavy atom. The summed E-state index contributed by atoms with van der Waals surface area (Å²) in [5.41, 5.74) is 3.57. The van der Waals surface area contributed by atoms with Crippen LogP contribution in [0.2, 0.25) is 0 Å². The molecule has 0 aliphatic rings. The van der Waals surface area contributed by atoms with Gasteiger partial charge in [-0.2, -0.15) is 12.8 Å². The molecule has 2 aromatic carbocycles. The summed E-state index contributed by atoms with van der Waals surface area (Å²) in [7, 11) is -4.03. The lowest BCUT2D eigenvalue weighted by atomic mass is 10.1. The zero-order valence-electron chi connectivity index (χ0n) is 15.1. The molecule has 0 unspecified atom stereocenters. The fourth-order valence-corrected chi connectivity index (χ4v) is 4.18. The summed E-state index contributed by atoms with van der Waals surface area (Å²) >= 11 is 0. The van der Waals surface area contributed by atoms with E-state index in [0.717, 1.165) is 23.2 Å². The Bertz CT molecular complexity index is 1280. The number of aryl methyl sites for hydroxylation is 1. The highest BCUT2D eigenvalue weighted by Crippen LogP contribution is 2.23. The minimum absolute atomic E-state index is 0.0548. The van der Waals surface area contributed by atoms with Crippen molar-refractivity contribution in [3.63, 3.8) is 0 Å². The number of hydrogen-bond donors (Lipinski definition) is 0. The van der Waals surface area contributed by atoms with Crippen LogP contribution in [0.25, 0.3) is 5.52 Å². The van der Waals surface area contributed by atoms with Gasteiger partial charge in [-0.05, 0) is 55.0 Å². The van der Waals surface area contributed by atoms with E-state index in [2.05, 4.69) is 4.40 Å². The van der Waals surface area contributed by atoms with Crippen LogP contribution in [0, 0.1) is 12.7 Å². The van der Waals surface area contributed by atoms with Crippen LogP contribution < -0.4 is 0 Å². The van der Waals surface area contributed by atoms with Crippen molar-refractivity contribution in [3.8, 4) is 0 Å². The van der Waals surface area contributed by atoms with Crippen molar-refractivity contribution in [2.75, 3.05) is 0 Å². The molecule has 0 saturated carbocycles. The molecule has 0 aliphatic carbocycles. The summed E-state index contributed by atoms with van der Waals surface area (Å²) < 4.78 is 45.2. The monoisotopic (exact) mass is 392 g/mol. The van der Waals surface area contributed by atoms with Gasteiger partial charge < -0.3 is 4.40 Å².